The van der Waals surface area contributed by atoms with Crippen LogP contribution < -0.4 is 41.7 Å². The molecule has 16 nitrogen and oxygen atoms in total. The van der Waals surface area contributed by atoms with Crippen molar-refractivity contribution in [1.82, 2.24) is 39.9 Å². The second-order valence-corrected chi connectivity index (χ2v) is 20.9. The topological polar surface area (TPSA) is 192 Å². The molecule has 6 N–H and O–H groups in total. The first-order chi connectivity index (χ1) is 36.0. The zero-order valence-electron chi connectivity index (χ0n) is 43.1. The molecule has 1 aliphatic heterocycles. The zero-order valence-corrected chi connectivity index (χ0v) is 44.6. The molecule has 0 spiro atoms. The molecular weight excluding hydrogens is 968 g/mol. The molecule has 2 fully saturated rings. The number of hydrogen-bond donors (Lipinski definition) is 4. The number of hydrogen-bond acceptors (Lipinski definition) is 16. The van der Waals surface area contributed by atoms with E-state index >= 15 is 0 Å². The molecule has 4 aromatic carbocycles. The third-order valence-corrected chi connectivity index (χ3v) is 15.3. The number of benzene rings is 4. The van der Waals surface area contributed by atoms with Crippen LogP contribution in [0.4, 0.5) is 35.4 Å². The third-order valence-electron chi connectivity index (χ3n) is 14.7. The van der Waals surface area contributed by atoms with Gasteiger partial charge in [-0.2, -0.15) is 9.97 Å². The first kappa shape index (κ1) is 52.4. The molecular formula is C56H70Cl2N16. The van der Waals surface area contributed by atoms with Gasteiger partial charge < -0.3 is 41.7 Å². The highest BCUT2D eigenvalue weighted by Gasteiger charge is 2.24. The molecule has 8 aromatic rings. The van der Waals surface area contributed by atoms with Crippen LogP contribution in [-0.4, -0.2) is 120 Å². The fourth-order valence-electron chi connectivity index (χ4n) is 10.2. The Bertz CT molecular complexity index is 2940. The number of nitrogens with two attached hydrogens (primary N) is 2. The van der Waals surface area contributed by atoms with Gasteiger partial charge in [0.05, 0.1) is 22.1 Å². The highest BCUT2D eigenvalue weighted by Crippen LogP contribution is 2.33. The maximum Gasteiger partial charge on any atom is 0.227 e. The molecule has 74 heavy (non-hydrogen) atoms. The predicted octanol–water partition coefficient (Wildman–Crippen LogP) is 9.95. The summed E-state index contributed by atoms with van der Waals surface area (Å²) >= 11 is 12.6. The molecule has 388 valence electrons. The highest BCUT2D eigenvalue weighted by atomic mass is 35.5. The van der Waals surface area contributed by atoms with Crippen LogP contribution in [0.2, 0.25) is 10.3 Å². The van der Waals surface area contributed by atoms with E-state index in [1.54, 1.807) is 0 Å². The van der Waals surface area contributed by atoms with E-state index in [9.17, 15) is 0 Å². The van der Waals surface area contributed by atoms with Gasteiger partial charge in [-0.05, 0) is 124 Å². The minimum absolute atomic E-state index is 0.449. The van der Waals surface area contributed by atoms with Gasteiger partial charge in [-0.1, -0.05) is 84.6 Å². The minimum atomic E-state index is 0.449. The van der Waals surface area contributed by atoms with Gasteiger partial charge in [-0.3, -0.25) is 0 Å². The number of aromatic nitrogens is 8. The number of anilines is 6. The Hall–Kier alpha value is -6.46. The summed E-state index contributed by atoms with van der Waals surface area (Å²) in [4.78, 5) is 45.9. The molecule has 11 rings (SSSR count). The molecule has 0 amide bonds. The molecule has 5 heterocycles. The number of nitrogens with one attached hydrogen (secondary N) is 2. The van der Waals surface area contributed by atoms with Gasteiger partial charge >= 0.3 is 0 Å². The van der Waals surface area contributed by atoms with Crippen molar-refractivity contribution in [3.8, 4) is 0 Å². The monoisotopic (exact) mass is 1040 g/mol. The molecule has 6 bridgehead atoms. The van der Waals surface area contributed by atoms with E-state index < -0.39 is 0 Å². The van der Waals surface area contributed by atoms with Crippen LogP contribution in [-0.2, 0) is 0 Å². The number of rotatable bonds is 7. The van der Waals surface area contributed by atoms with Gasteiger partial charge in [0.25, 0.3) is 0 Å². The Morgan fingerprint density at radius 1 is 0.500 bits per heavy atom. The van der Waals surface area contributed by atoms with Crippen molar-refractivity contribution >= 4 is 102 Å². The van der Waals surface area contributed by atoms with E-state index in [0.717, 1.165) is 118 Å². The van der Waals surface area contributed by atoms with Crippen molar-refractivity contribution < 1.29 is 0 Å². The molecule has 0 saturated heterocycles. The number of fused-ring (bicyclic) bond motifs is 12. The van der Waals surface area contributed by atoms with Crippen molar-refractivity contribution in [3.05, 3.63) is 107 Å². The number of nitrogens with zero attached hydrogens (tertiary/aromatic N) is 12. The minimum Gasteiger partial charge on any atom is -0.369 e. The standard InChI is InChI=1S/C28H34N8.C20H18Cl2N6.C8H18N2/c1-35-14-15-36(2)28-32-24-13-6-4-11-22(24)26(34-28)30-18-20-9-7-8-19(16-20)17-29-25-21-10-3-5-12-23(21)31-27(35)33-25;1-27(19-23-15-9-5-3-7-13(15)17(21)25-19)11-12-28(2)20-24-16-10-6-4-8-14(16)18(22)26-20;9-5-7-2-1-3-8(4-7)6-10/h3-6,10-13,19-20H,7-9,14-18H2,1-2H3,(H,29,31,33)(H,30,32,34);3-10H,11-12H2,1-2H3;7-8H,1-6,9-10H2. The van der Waals surface area contributed by atoms with Crippen LogP contribution in [0.15, 0.2) is 97.1 Å². The lowest BCUT2D eigenvalue weighted by molar-refractivity contribution is 0.277. The summed E-state index contributed by atoms with van der Waals surface area (Å²) in [7, 11) is 7.97. The van der Waals surface area contributed by atoms with E-state index in [1.165, 1.54) is 51.4 Å². The average molecular weight is 1040 g/mol. The summed E-state index contributed by atoms with van der Waals surface area (Å²) in [6.07, 6.45) is 10.2. The van der Waals surface area contributed by atoms with Gasteiger partial charge in [0.2, 0.25) is 23.8 Å². The van der Waals surface area contributed by atoms with E-state index in [-0.39, 0.29) is 0 Å². The second-order valence-electron chi connectivity index (χ2n) is 20.2. The van der Waals surface area contributed by atoms with E-state index in [4.69, 9.17) is 54.6 Å². The Kier molecular flexibility index (Phi) is 17.5. The van der Waals surface area contributed by atoms with Crippen LogP contribution in [0, 0.1) is 23.7 Å². The Balaban J connectivity index is 0.000000157. The van der Waals surface area contributed by atoms with E-state index in [2.05, 4.69) is 90.9 Å². The summed E-state index contributed by atoms with van der Waals surface area (Å²) in [6, 6.07) is 32.0. The summed E-state index contributed by atoms with van der Waals surface area (Å²) < 4.78 is 0. The van der Waals surface area contributed by atoms with Crippen molar-refractivity contribution in [2.24, 2.45) is 35.1 Å². The van der Waals surface area contributed by atoms with Crippen molar-refractivity contribution in [1.29, 1.82) is 0 Å². The first-order valence-corrected chi connectivity index (χ1v) is 26.9. The quantitative estimate of drug-likeness (QED) is 0.110. The van der Waals surface area contributed by atoms with Crippen LogP contribution in [0.1, 0.15) is 51.4 Å². The molecule has 4 atom stereocenters. The second kappa shape index (κ2) is 24.7. The summed E-state index contributed by atoms with van der Waals surface area (Å²) in [5, 5.41) is 12.2. The Morgan fingerprint density at radius 3 is 1.30 bits per heavy atom. The number of halogens is 2. The summed E-state index contributed by atoms with van der Waals surface area (Å²) in [5.41, 5.74) is 14.7. The number of para-hydroxylation sites is 4. The molecule has 0 radical (unpaired) electrons. The maximum absolute atomic E-state index is 6.31. The first-order valence-electron chi connectivity index (χ1n) is 26.1. The van der Waals surface area contributed by atoms with Gasteiger partial charge in [0, 0.05) is 89.0 Å². The SMILES string of the molecule is CN(CCN(C)c1nc(Cl)c2ccccc2n1)c1nc(Cl)c2ccccc2n1.CN1CCN(C)c2nc(c3ccccc3n2)NCC2CCCC(CNc3nc1nc1ccccc31)C2.NCC1CCCC(CN)C1. The number of likely N-dealkylation sites (N-methyl/N-ethyl adjacent to an activating group) is 4. The fourth-order valence-corrected chi connectivity index (χ4v) is 10.7. The van der Waals surface area contributed by atoms with E-state index in [0.29, 0.717) is 47.1 Å². The lowest BCUT2D eigenvalue weighted by Gasteiger charge is -2.30. The maximum atomic E-state index is 6.31. The highest BCUT2D eigenvalue weighted by molar-refractivity contribution is 6.34. The molecule has 4 unspecified atom stereocenters. The molecule has 18 heteroatoms. The van der Waals surface area contributed by atoms with E-state index in [1.807, 2.05) is 84.6 Å². The van der Waals surface area contributed by atoms with Crippen molar-refractivity contribution in [3.63, 3.8) is 0 Å². The van der Waals surface area contributed by atoms with Crippen molar-refractivity contribution in [2.45, 2.75) is 51.4 Å². The average Bonchev–Trinajstić information content (AvgIpc) is 3.44. The van der Waals surface area contributed by atoms with Gasteiger partial charge in [0.1, 0.15) is 21.9 Å². The lowest BCUT2D eigenvalue weighted by Crippen LogP contribution is -2.32. The van der Waals surface area contributed by atoms with Gasteiger partial charge in [-0.25, -0.2) is 29.9 Å². The fraction of sp³-hybridized carbons (Fsp3) is 0.429. The van der Waals surface area contributed by atoms with Crippen LogP contribution >= 0.6 is 23.2 Å². The third kappa shape index (κ3) is 12.9. The van der Waals surface area contributed by atoms with Gasteiger partial charge in [0.15, 0.2) is 0 Å². The zero-order chi connectivity index (χ0) is 51.6. The molecule has 2 aliphatic carbocycles. The largest absolute Gasteiger partial charge is 0.369 e. The van der Waals surface area contributed by atoms with Crippen molar-refractivity contribution in [2.75, 3.05) is 111 Å². The molecule has 2 saturated carbocycles. The Labute approximate surface area is 444 Å². The van der Waals surface area contributed by atoms with Crippen LogP contribution in [0.3, 0.4) is 0 Å². The predicted molar refractivity (Wildman–Crippen MR) is 307 cm³/mol. The molecule has 3 aliphatic rings. The Morgan fingerprint density at radius 2 is 0.878 bits per heavy atom. The normalized spacial score (nSPS) is 19.1. The van der Waals surface area contributed by atoms with Gasteiger partial charge in [-0.15, -0.1) is 0 Å². The molecule has 4 aromatic heterocycles. The smallest absolute Gasteiger partial charge is 0.227 e. The summed E-state index contributed by atoms with van der Waals surface area (Å²) in [5.74, 6) is 7.27. The lowest BCUT2D eigenvalue weighted by atomic mass is 9.81. The van der Waals surface area contributed by atoms with Crippen LogP contribution in [0.5, 0.6) is 0 Å². The summed E-state index contributed by atoms with van der Waals surface area (Å²) in [6.45, 7) is 6.41. The van der Waals surface area contributed by atoms with Crippen LogP contribution in [0.25, 0.3) is 43.6 Å².